The van der Waals surface area contributed by atoms with Crippen molar-refractivity contribution in [3.8, 4) is 0 Å². The topological polar surface area (TPSA) is 49.3 Å². The van der Waals surface area contributed by atoms with Crippen LogP contribution in [0.25, 0.3) is 0 Å². The smallest absolute Gasteiger partial charge is 0.341 e. The Labute approximate surface area is 102 Å². The van der Waals surface area contributed by atoms with Gasteiger partial charge in [0.05, 0.1) is 0 Å². The molecule has 1 fully saturated rings. The Morgan fingerprint density at radius 3 is 2.56 bits per heavy atom. The molecule has 1 aromatic rings. The highest BCUT2D eigenvalue weighted by molar-refractivity contribution is 5.88. The molecule has 0 aromatic heterocycles. The van der Waals surface area contributed by atoms with Gasteiger partial charge in [-0.2, -0.15) is 0 Å². The standard InChI is InChI=1S/C12H12F3NO2/c13-7-5-6(8-3-1-2-4-16-8)10(14)11(15)9(7)12(17)18/h5,8,16H,1-4H2,(H,17,18). The predicted octanol–water partition coefficient (Wildman–Crippen LogP) is 2.62. The third kappa shape index (κ3) is 2.20. The van der Waals surface area contributed by atoms with Gasteiger partial charge in [0.2, 0.25) is 0 Å². The van der Waals surface area contributed by atoms with Crippen LogP contribution in [0.2, 0.25) is 0 Å². The van der Waals surface area contributed by atoms with E-state index in [4.69, 9.17) is 5.11 Å². The molecule has 0 saturated carbocycles. The van der Waals surface area contributed by atoms with Crippen molar-refractivity contribution in [1.82, 2.24) is 5.32 Å². The zero-order chi connectivity index (χ0) is 13.3. The minimum atomic E-state index is -1.81. The molecule has 1 saturated heterocycles. The van der Waals surface area contributed by atoms with Crippen LogP contribution in [0.15, 0.2) is 6.07 Å². The van der Waals surface area contributed by atoms with Crippen LogP contribution in [0.3, 0.4) is 0 Å². The lowest BCUT2D eigenvalue weighted by atomic mass is 9.95. The van der Waals surface area contributed by atoms with Gasteiger partial charge in [-0.3, -0.25) is 0 Å². The summed E-state index contributed by atoms with van der Waals surface area (Å²) in [4.78, 5) is 10.6. The van der Waals surface area contributed by atoms with Gasteiger partial charge < -0.3 is 10.4 Å². The number of hydrogen-bond acceptors (Lipinski definition) is 2. The first-order chi connectivity index (χ1) is 8.52. The van der Waals surface area contributed by atoms with E-state index in [1.165, 1.54) is 0 Å². The van der Waals surface area contributed by atoms with Crippen molar-refractivity contribution in [1.29, 1.82) is 0 Å². The second-order valence-corrected chi connectivity index (χ2v) is 4.26. The minimum absolute atomic E-state index is 0.144. The van der Waals surface area contributed by atoms with Crippen molar-refractivity contribution < 1.29 is 23.1 Å². The number of nitrogens with one attached hydrogen (secondary N) is 1. The maximum atomic E-state index is 13.7. The van der Waals surface area contributed by atoms with Gasteiger partial charge in [-0.1, -0.05) is 6.42 Å². The summed E-state index contributed by atoms with van der Waals surface area (Å²) in [5.74, 6) is -5.98. The van der Waals surface area contributed by atoms with Crippen molar-refractivity contribution in [2.45, 2.75) is 25.3 Å². The minimum Gasteiger partial charge on any atom is -0.477 e. The van der Waals surface area contributed by atoms with Gasteiger partial charge in [-0.05, 0) is 25.5 Å². The van der Waals surface area contributed by atoms with E-state index in [9.17, 15) is 18.0 Å². The van der Waals surface area contributed by atoms with Crippen LogP contribution >= 0.6 is 0 Å². The summed E-state index contributed by atoms with van der Waals surface area (Å²) in [6.07, 6.45) is 2.33. The Morgan fingerprint density at radius 2 is 2.00 bits per heavy atom. The Balaban J connectivity index is 2.46. The van der Waals surface area contributed by atoms with Gasteiger partial charge in [0.15, 0.2) is 11.6 Å². The van der Waals surface area contributed by atoms with E-state index in [-0.39, 0.29) is 5.56 Å². The number of rotatable bonds is 2. The highest BCUT2D eigenvalue weighted by atomic mass is 19.2. The molecule has 18 heavy (non-hydrogen) atoms. The molecule has 2 N–H and O–H groups in total. The van der Waals surface area contributed by atoms with Gasteiger partial charge >= 0.3 is 5.97 Å². The maximum Gasteiger partial charge on any atom is 0.341 e. The molecular formula is C12H12F3NO2. The first kappa shape index (κ1) is 12.9. The van der Waals surface area contributed by atoms with Gasteiger partial charge in [-0.25, -0.2) is 18.0 Å². The highest BCUT2D eigenvalue weighted by Crippen LogP contribution is 2.29. The molecule has 1 atom stereocenters. The normalized spacial score (nSPS) is 19.8. The summed E-state index contributed by atoms with van der Waals surface area (Å²) in [6.45, 7) is 0.647. The lowest BCUT2D eigenvalue weighted by molar-refractivity contribution is 0.0685. The van der Waals surface area contributed by atoms with Crippen LogP contribution < -0.4 is 5.32 Å². The SMILES string of the molecule is O=C(O)c1c(F)cc(C2CCCCN2)c(F)c1F. The molecular weight excluding hydrogens is 247 g/mol. The van der Waals surface area contributed by atoms with Crippen LogP contribution in [-0.2, 0) is 0 Å². The van der Waals surface area contributed by atoms with Gasteiger partial charge in [0, 0.05) is 11.6 Å². The average molecular weight is 259 g/mol. The fourth-order valence-electron chi connectivity index (χ4n) is 2.18. The van der Waals surface area contributed by atoms with E-state index in [1.807, 2.05) is 0 Å². The fraction of sp³-hybridized carbons (Fsp3) is 0.417. The Kier molecular flexibility index (Phi) is 3.56. The molecule has 0 aliphatic carbocycles. The zero-order valence-corrected chi connectivity index (χ0v) is 9.47. The second kappa shape index (κ2) is 4.97. The lowest BCUT2D eigenvalue weighted by Crippen LogP contribution is -2.28. The molecule has 6 heteroatoms. The molecule has 2 rings (SSSR count). The predicted molar refractivity (Wildman–Crippen MR) is 57.9 cm³/mol. The van der Waals surface area contributed by atoms with Crippen molar-refractivity contribution in [2.75, 3.05) is 6.54 Å². The van der Waals surface area contributed by atoms with Crippen LogP contribution in [0.4, 0.5) is 13.2 Å². The van der Waals surface area contributed by atoms with Gasteiger partial charge in [0.1, 0.15) is 11.4 Å². The van der Waals surface area contributed by atoms with Crippen LogP contribution in [0.5, 0.6) is 0 Å². The first-order valence-electron chi connectivity index (χ1n) is 5.66. The molecule has 0 bridgehead atoms. The van der Waals surface area contributed by atoms with Crippen molar-refractivity contribution >= 4 is 5.97 Å². The van der Waals surface area contributed by atoms with Crippen LogP contribution in [0, 0.1) is 17.5 Å². The van der Waals surface area contributed by atoms with E-state index in [0.717, 1.165) is 18.9 Å². The number of benzene rings is 1. The first-order valence-corrected chi connectivity index (χ1v) is 5.66. The Hall–Kier alpha value is -1.56. The molecule has 0 amide bonds. The van der Waals surface area contributed by atoms with Crippen molar-refractivity contribution in [2.24, 2.45) is 0 Å². The zero-order valence-electron chi connectivity index (χ0n) is 9.47. The largest absolute Gasteiger partial charge is 0.477 e. The second-order valence-electron chi connectivity index (χ2n) is 4.26. The Bertz CT molecular complexity index is 485. The molecule has 1 aromatic carbocycles. The number of carboxylic acids is 1. The third-order valence-electron chi connectivity index (χ3n) is 3.09. The summed E-state index contributed by atoms with van der Waals surface area (Å²) in [5.41, 5.74) is -1.39. The molecule has 1 aliphatic heterocycles. The number of carbonyl (C=O) groups is 1. The van der Waals surface area contributed by atoms with E-state index in [1.54, 1.807) is 0 Å². The molecule has 1 aliphatic rings. The van der Waals surface area contributed by atoms with E-state index in [2.05, 4.69) is 5.32 Å². The maximum absolute atomic E-state index is 13.7. The van der Waals surface area contributed by atoms with Crippen LogP contribution in [-0.4, -0.2) is 17.6 Å². The number of aromatic carboxylic acids is 1. The lowest BCUT2D eigenvalue weighted by Gasteiger charge is -2.24. The number of halogens is 3. The highest BCUT2D eigenvalue weighted by Gasteiger charge is 2.27. The number of hydrogen-bond donors (Lipinski definition) is 2. The number of piperidine rings is 1. The average Bonchev–Trinajstić information content (AvgIpc) is 2.34. The van der Waals surface area contributed by atoms with E-state index < -0.39 is 35.0 Å². The fourth-order valence-corrected chi connectivity index (χ4v) is 2.18. The molecule has 1 unspecified atom stereocenters. The molecule has 0 spiro atoms. The van der Waals surface area contributed by atoms with E-state index >= 15 is 0 Å². The summed E-state index contributed by atoms with van der Waals surface area (Å²) >= 11 is 0. The van der Waals surface area contributed by atoms with E-state index in [0.29, 0.717) is 13.0 Å². The summed E-state index contributed by atoms with van der Waals surface area (Å²) in [7, 11) is 0. The summed E-state index contributed by atoms with van der Waals surface area (Å²) in [6, 6.07) is 0.302. The molecule has 0 radical (unpaired) electrons. The third-order valence-corrected chi connectivity index (χ3v) is 3.09. The summed E-state index contributed by atoms with van der Waals surface area (Å²) in [5, 5.41) is 11.6. The molecule has 3 nitrogen and oxygen atoms in total. The molecule has 1 heterocycles. The van der Waals surface area contributed by atoms with Gasteiger partial charge in [0.25, 0.3) is 0 Å². The number of carboxylic acid groups (broad SMARTS) is 1. The van der Waals surface area contributed by atoms with Crippen LogP contribution in [0.1, 0.15) is 41.2 Å². The van der Waals surface area contributed by atoms with Crippen molar-refractivity contribution in [3.05, 3.63) is 34.6 Å². The summed E-state index contributed by atoms with van der Waals surface area (Å²) < 4.78 is 40.7. The quantitative estimate of drug-likeness (QED) is 0.803. The van der Waals surface area contributed by atoms with Crippen molar-refractivity contribution in [3.63, 3.8) is 0 Å². The molecule has 98 valence electrons. The monoisotopic (exact) mass is 259 g/mol. The Morgan fingerprint density at radius 1 is 1.28 bits per heavy atom. The van der Waals surface area contributed by atoms with Gasteiger partial charge in [-0.15, -0.1) is 0 Å².